The summed E-state index contributed by atoms with van der Waals surface area (Å²) in [6.45, 7) is 8.63. The fourth-order valence-electron chi connectivity index (χ4n) is 2.45. The van der Waals surface area contributed by atoms with Crippen LogP contribution in [0, 0.1) is 0 Å². The molecule has 0 aliphatic heterocycles. The lowest BCUT2D eigenvalue weighted by atomic mass is 9.91. The summed E-state index contributed by atoms with van der Waals surface area (Å²) in [5.74, 6) is 1.44. The second kappa shape index (κ2) is 10.2. The summed E-state index contributed by atoms with van der Waals surface area (Å²) in [5, 5.41) is 10.9. The lowest BCUT2D eigenvalue weighted by molar-refractivity contribution is 0.518. The number of rotatable bonds is 7. The molecular weight excluding hydrogens is 491 g/mol. The molecule has 0 unspecified atom stereocenters. The number of thiophene rings is 2. The Balaban J connectivity index is 0.00000261. The van der Waals surface area contributed by atoms with E-state index in [0.29, 0.717) is 12.4 Å². The minimum Gasteiger partial charge on any atom is -0.443 e. The maximum Gasteiger partial charge on any atom is 0.236 e. The molecule has 2 N–H and O–H groups in total. The van der Waals surface area contributed by atoms with Gasteiger partial charge in [-0.3, -0.25) is 0 Å². The van der Waals surface area contributed by atoms with Crippen molar-refractivity contribution in [2.75, 3.05) is 13.1 Å². The van der Waals surface area contributed by atoms with Gasteiger partial charge < -0.3 is 15.1 Å². The number of hydrogen-bond acceptors (Lipinski definition) is 5. The summed E-state index contributed by atoms with van der Waals surface area (Å²) in [6.07, 6.45) is 1.68. The Morgan fingerprint density at radius 3 is 2.63 bits per heavy atom. The summed E-state index contributed by atoms with van der Waals surface area (Å²) >= 11 is 3.40. The molecule has 8 heteroatoms. The van der Waals surface area contributed by atoms with Gasteiger partial charge in [-0.05, 0) is 29.8 Å². The zero-order valence-electron chi connectivity index (χ0n) is 15.7. The number of halogens is 1. The summed E-state index contributed by atoms with van der Waals surface area (Å²) < 4.78 is 5.56. The van der Waals surface area contributed by atoms with E-state index in [1.165, 1.54) is 4.88 Å². The molecule has 0 atom stereocenters. The molecule has 3 heterocycles. The first-order chi connectivity index (χ1) is 12.6. The quantitative estimate of drug-likeness (QED) is 0.260. The van der Waals surface area contributed by atoms with E-state index in [1.54, 1.807) is 28.9 Å². The van der Waals surface area contributed by atoms with Gasteiger partial charge in [0.05, 0.1) is 11.4 Å². The van der Waals surface area contributed by atoms with Crippen molar-refractivity contribution in [1.82, 2.24) is 15.6 Å². The molecule has 0 aliphatic rings. The Hall–Kier alpha value is -1.39. The Bertz CT molecular complexity index is 826. The van der Waals surface area contributed by atoms with Crippen LogP contribution in [-0.2, 0) is 12.0 Å². The monoisotopic (exact) mass is 516 g/mol. The van der Waals surface area contributed by atoms with Crippen LogP contribution in [0.2, 0.25) is 0 Å². The maximum absolute atomic E-state index is 5.56. The highest BCUT2D eigenvalue weighted by Crippen LogP contribution is 2.26. The van der Waals surface area contributed by atoms with Crippen molar-refractivity contribution < 1.29 is 4.42 Å². The lowest BCUT2D eigenvalue weighted by Crippen LogP contribution is -2.43. The SMILES string of the molecule is CCNC(=NCc1coc(-c2cccs2)n1)NCC(C)(C)c1cccs1.I. The fraction of sp³-hybridized carbons (Fsp3) is 0.368. The third-order valence-electron chi connectivity index (χ3n) is 3.91. The minimum atomic E-state index is 0. The summed E-state index contributed by atoms with van der Waals surface area (Å²) in [7, 11) is 0. The van der Waals surface area contributed by atoms with Gasteiger partial charge in [0, 0.05) is 23.4 Å². The molecule has 3 aromatic heterocycles. The molecule has 0 bridgehead atoms. The first-order valence-electron chi connectivity index (χ1n) is 8.63. The van der Waals surface area contributed by atoms with Gasteiger partial charge in [0.15, 0.2) is 5.96 Å². The number of nitrogens with zero attached hydrogens (tertiary/aromatic N) is 2. The molecule has 146 valence electrons. The zero-order chi connectivity index (χ0) is 18.4. The van der Waals surface area contributed by atoms with E-state index >= 15 is 0 Å². The van der Waals surface area contributed by atoms with Crippen molar-refractivity contribution >= 4 is 52.6 Å². The number of guanidine groups is 1. The molecule has 3 rings (SSSR count). The average molecular weight is 516 g/mol. The fourth-order valence-corrected chi connectivity index (χ4v) is 3.96. The van der Waals surface area contributed by atoms with E-state index in [2.05, 4.69) is 58.9 Å². The normalized spacial score (nSPS) is 11.9. The van der Waals surface area contributed by atoms with Crippen LogP contribution in [-0.4, -0.2) is 24.0 Å². The van der Waals surface area contributed by atoms with Crippen LogP contribution >= 0.6 is 46.7 Å². The Kier molecular flexibility index (Phi) is 8.30. The number of hydrogen-bond donors (Lipinski definition) is 2. The second-order valence-electron chi connectivity index (χ2n) is 6.53. The van der Waals surface area contributed by atoms with E-state index in [0.717, 1.165) is 29.6 Å². The molecule has 0 spiro atoms. The minimum absolute atomic E-state index is 0. The van der Waals surface area contributed by atoms with Crippen LogP contribution in [0.3, 0.4) is 0 Å². The first-order valence-corrected chi connectivity index (χ1v) is 10.4. The largest absolute Gasteiger partial charge is 0.443 e. The van der Waals surface area contributed by atoms with E-state index in [4.69, 9.17) is 4.42 Å². The highest BCUT2D eigenvalue weighted by molar-refractivity contribution is 14.0. The van der Waals surface area contributed by atoms with Crippen LogP contribution < -0.4 is 10.6 Å². The zero-order valence-corrected chi connectivity index (χ0v) is 19.7. The molecule has 0 saturated heterocycles. The van der Waals surface area contributed by atoms with Crippen molar-refractivity contribution in [1.29, 1.82) is 0 Å². The van der Waals surface area contributed by atoms with Gasteiger partial charge in [-0.2, -0.15) is 0 Å². The molecule has 0 radical (unpaired) electrons. The molecule has 0 aliphatic carbocycles. The third-order valence-corrected chi connectivity index (χ3v) is 6.01. The van der Waals surface area contributed by atoms with Crippen LogP contribution in [0.5, 0.6) is 0 Å². The van der Waals surface area contributed by atoms with Gasteiger partial charge in [0.25, 0.3) is 0 Å². The summed E-state index contributed by atoms with van der Waals surface area (Å²) in [4.78, 5) is 11.5. The van der Waals surface area contributed by atoms with E-state index in [9.17, 15) is 0 Å². The maximum atomic E-state index is 5.56. The average Bonchev–Trinajstić information content (AvgIpc) is 3.39. The van der Waals surface area contributed by atoms with Crippen LogP contribution in [0.4, 0.5) is 0 Å². The topological polar surface area (TPSA) is 62.5 Å². The van der Waals surface area contributed by atoms with Crippen LogP contribution in [0.15, 0.2) is 50.7 Å². The van der Waals surface area contributed by atoms with Crippen LogP contribution in [0.25, 0.3) is 10.8 Å². The molecular formula is C19H25IN4OS2. The summed E-state index contributed by atoms with van der Waals surface area (Å²) in [6, 6.07) is 8.26. The first kappa shape index (κ1) is 21.9. The molecule has 27 heavy (non-hydrogen) atoms. The van der Waals surface area contributed by atoms with Gasteiger partial charge in [0.1, 0.15) is 12.0 Å². The second-order valence-corrected chi connectivity index (χ2v) is 8.43. The predicted molar refractivity (Wildman–Crippen MR) is 125 cm³/mol. The predicted octanol–water partition coefficient (Wildman–Crippen LogP) is 5.12. The highest BCUT2D eigenvalue weighted by Gasteiger charge is 2.22. The van der Waals surface area contributed by atoms with Gasteiger partial charge in [-0.15, -0.1) is 46.7 Å². The van der Waals surface area contributed by atoms with Gasteiger partial charge in [-0.1, -0.05) is 26.0 Å². The van der Waals surface area contributed by atoms with Crippen molar-refractivity contribution in [3.63, 3.8) is 0 Å². The number of nitrogens with one attached hydrogen (secondary N) is 2. The molecule has 0 aromatic carbocycles. The van der Waals surface area contributed by atoms with Gasteiger partial charge in [0.2, 0.25) is 5.89 Å². The smallest absolute Gasteiger partial charge is 0.236 e. The lowest BCUT2D eigenvalue weighted by Gasteiger charge is -2.25. The molecule has 3 aromatic rings. The molecule has 5 nitrogen and oxygen atoms in total. The summed E-state index contributed by atoms with van der Waals surface area (Å²) in [5.41, 5.74) is 0.869. The Morgan fingerprint density at radius 2 is 1.96 bits per heavy atom. The number of aliphatic imine (C=N–C) groups is 1. The molecule has 0 fully saturated rings. The van der Waals surface area contributed by atoms with Gasteiger partial charge in [-0.25, -0.2) is 9.98 Å². The van der Waals surface area contributed by atoms with Crippen molar-refractivity contribution in [2.24, 2.45) is 4.99 Å². The third kappa shape index (κ3) is 6.05. The molecule has 0 amide bonds. The molecule has 0 saturated carbocycles. The van der Waals surface area contributed by atoms with E-state index < -0.39 is 0 Å². The van der Waals surface area contributed by atoms with E-state index in [-0.39, 0.29) is 29.4 Å². The van der Waals surface area contributed by atoms with Crippen LogP contribution in [0.1, 0.15) is 31.3 Å². The van der Waals surface area contributed by atoms with Gasteiger partial charge >= 0.3 is 0 Å². The number of aromatic nitrogens is 1. The van der Waals surface area contributed by atoms with Crippen molar-refractivity contribution in [3.05, 3.63) is 51.9 Å². The van der Waals surface area contributed by atoms with Crippen molar-refractivity contribution in [3.8, 4) is 10.8 Å². The standard InChI is InChI=1S/C19H24N4OS2.HI/c1-4-20-18(22-13-19(2,3)16-8-6-10-26-16)21-11-14-12-24-17(23-14)15-7-5-9-25-15;/h5-10,12H,4,11,13H2,1-3H3,(H2,20,21,22);1H. The van der Waals surface area contributed by atoms with E-state index in [1.807, 2.05) is 17.5 Å². The Morgan fingerprint density at radius 1 is 1.19 bits per heavy atom. The Labute approximate surface area is 185 Å². The highest BCUT2D eigenvalue weighted by atomic mass is 127. The van der Waals surface area contributed by atoms with Crippen molar-refractivity contribution in [2.45, 2.75) is 32.7 Å². The number of oxazole rings is 1.